The first-order chi connectivity index (χ1) is 12.8. The van der Waals surface area contributed by atoms with Crippen molar-refractivity contribution in [2.24, 2.45) is 11.8 Å². The Kier molecular flexibility index (Phi) is 5.55. The van der Waals surface area contributed by atoms with Gasteiger partial charge in [-0.2, -0.15) is 0 Å². The first kappa shape index (κ1) is 17.9. The summed E-state index contributed by atoms with van der Waals surface area (Å²) in [5.41, 5.74) is 1.10. The van der Waals surface area contributed by atoms with E-state index in [9.17, 15) is 4.79 Å². The summed E-state index contributed by atoms with van der Waals surface area (Å²) in [7, 11) is 0. The third-order valence-electron chi connectivity index (χ3n) is 6.32. The van der Waals surface area contributed by atoms with Gasteiger partial charge in [-0.25, -0.2) is 0 Å². The summed E-state index contributed by atoms with van der Waals surface area (Å²) in [5, 5.41) is 0. The highest BCUT2D eigenvalue weighted by Gasteiger charge is 2.46. The molecule has 1 aromatic rings. The fraction of sp³-hybridized carbons (Fsp3) is 0.714. The van der Waals surface area contributed by atoms with Crippen molar-refractivity contribution in [1.29, 1.82) is 0 Å². The summed E-state index contributed by atoms with van der Waals surface area (Å²) in [6.07, 6.45) is 11.0. The van der Waals surface area contributed by atoms with Crippen LogP contribution in [0.15, 0.2) is 24.5 Å². The number of aromatic nitrogens is 1. The van der Waals surface area contributed by atoms with E-state index in [4.69, 9.17) is 9.47 Å². The fourth-order valence-electron chi connectivity index (χ4n) is 4.48. The average molecular weight is 358 g/mol. The molecule has 1 saturated carbocycles. The highest BCUT2D eigenvalue weighted by molar-refractivity contribution is 5.76. The fourth-order valence-corrected chi connectivity index (χ4v) is 4.48. The Hall–Kier alpha value is -1.46. The molecule has 3 heterocycles. The van der Waals surface area contributed by atoms with E-state index in [1.165, 1.54) is 12.8 Å². The van der Waals surface area contributed by atoms with Crippen LogP contribution in [0.4, 0.5) is 0 Å². The van der Waals surface area contributed by atoms with Crippen LogP contribution in [0.3, 0.4) is 0 Å². The molecule has 1 aliphatic carbocycles. The summed E-state index contributed by atoms with van der Waals surface area (Å²) in [4.78, 5) is 18.5. The van der Waals surface area contributed by atoms with Gasteiger partial charge in [0.25, 0.3) is 0 Å². The SMILES string of the molecule is O=C(CC1CC1)N1CCC2(CC1)OCCC2CCOCc1cccnc1. The molecule has 0 radical (unpaired) electrons. The molecule has 4 rings (SSSR count). The van der Waals surface area contributed by atoms with Gasteiger partial charge in [0.2, 0.25) is 5.91 Å². The van der Waals surface area contributed by atoms with Gasteiger partial charge in [0.05, 0.1) is 12.2 Å². The van der Waals surface area contributed by atoms with E-state index >= 15 is 0 Å². The van der Waals surface area contributed by atoms with Crippen molar-refractivity contribution in [2.75, 3.05) is 26.3 Å². The van der Waals surface area contributed by atoms with E-state index in [1.807, 2.05) is 18.3 Å². The Labute approximate surface area is 156 Å². The monoisotopic (exact) mass is 358 g/mol. The number of carbonyl (C=O) groups is 1. The molecule has 1 unspecified atom stereocenters. The van der Waals surface area contributed by atoms with Crippen molar-refractivity contribution in [3.63, 3.8) is 0 Å². The molecule has 1 aromatic heterocycles. The zero-order valence-corrected chi connectivity index (χ0v) is 15.6. The van der Waals surface area contributed by atoms with Crippen LogP contribution in [0.1, 0.15) is 50.5 Å². The third-order valence-corrected chi connectivity index (χ3v) is 6.32. The van der Waals surface area contributed by atoms with Crippen molar-refractivity contribution in [3.8, 4) is 0 Å². The van der Waals surface area contributed by atoms with Gasteiger partial charge in [-0.3, -0.25) is 9.78 Å². The molecule has 0 bridgehead atoms. The molecular weight excluding hydrogens is 328 g/mol. The Bertz CT molecular complexity index is 595. The molecule has 5 nitrogen and oxygen atoms in total. The molecule has 5 heteroatoms. The van der Waals surface area contributed by atoms with Crippen LogP contribution in [0.25, 0.3) is 0 Å². The maximum Gasteiger partial charge on any atom is 0.222 e. The molecule has 0 aromatic carbocycles. The van der Waals surface area contributed by atoms with Crippen LogP contribution in [0, 0.1) is 11.8 Å². The maximum absolute atomic E-state index is 12.3. The zero-order chi connectivity index (χ0) is 17.8. The van der Waals surface area contributed by atoms with E-state index in [0.717, 1.165) is 64.0 Å². The quantitative estimate of drug-likeness (QED) is 0.703. The van der Waals surface area contributed by atoms with Crippen LogP contribution in [-0.2, 0) is 20.9 Å². The predicted octanol–water partition coefficient (Wildman–Crippen LogP) is 3.19. The van der Waals surface area contributed by atoms with E-state index in [0.29, 0.717) is 24.3 Å². The average Bonchev–Trinajstić information content (AvgIpc) is 3.41. The first-order valence-corrected chi connectivity index (χ1v) is 10.1. The highest BCUT2D eigenvalue weighted by Crippen LogP contribution is 2.43. The summed E-state index contributed by atoms with van der Waals surface area (Å²) in [5.74, 6) is 1.58. The van der Waals surface area contributed by atoms with Gasteiger partial charge in [0.1, 0.15) is 0 Å². The molecule has 2 aliphatic heterocycles. The number of amides is 1. The Balaban J connectivity index is 1.22. The van der Waals surface area contributed by atoms with Gasteiger partial charge in [-0.1, -0.05) is 6.07 Å². The second kappa shape index (κ2) is 8.05. The van der Waals surface area contributed by atoms with Gasteiger partial charge in [-0.05, 0) is 62.0 Å². The highest BCUT2D eigenvalue weighted by atomic mass is 16.5. The topological polar surface area (TPSA) is 51.7 Å². The van der Waals surface area contributed by atoms with Crippen molar-refractivity contribution in [1.82, 2.24) is 9.88 Å². The number of likely N-dealkylation sites (tertiary alicyclic amines) is 1. The molecule has 1 atom stereocenters. The lowest BCUT2D eigenvalue weighted by molar-refractivity contribution is -0.138. The summed E-state index contributed by atoms with van der Waals surface area (Å²) in [6.45, 7) is 3.95. The number of pyridine rings is 1. The number of rotatable bonds is 7. The first-order valence-electron chi connectivity index (χ1n) is 10.1. The summed E-state index contributed by atoms with van der Waals surface area (Å²) in [6, 6.07) is 3.98. The van der Waals surface area contributed by atoms with Gasteiger partial charge in [0.15, 0.2) is 0 Å². The number of hydrogen-bond donors (Lipinski definition) is 0. The van der Waals surface area contributed by atoms with Crippen molar-refractivity contribution >= 4 is 5.91 Å². The van der Waals surface area contributed by atoms with E-state index < -0.39 is 0 Å². The lowest BCUT2D eigenvalue weighted by Gasteiger charge is -2.42. The van der Waals surface area contributed by atoms with Crippen LogP contribution in [-0.4, -0.2) is 47.7 Å². The number of hydrogen-bond acceptors (Lipinski definition) is 4. The maximum atomic E-state index is 12.3. The van der Waals surface area contributed by atoms with Crippen molar-refractivity contribution in [3.05, 3.63) is 30.1 Å². The Morgan fingerprint density at radius 1 is 1.31 bits per heavy atom. The summed E-state index contributed by atoms with van der Waals surface area (Å²) >= 11 is 0. The van der Waals surface area contributed by atoms with Crippen LogP contribution < -0.4 is 0 Å². The molecule has 3 aliphatic rings. The molecule has 1 amide bonds. The zero-order valence-electron chi connectivity index (χ0n) is 15.6. The minimum absolute atomic E-state index is 0.0198. The number of carbonyl (C=O) groups excluding carboxylic acids is 1. The van der Waals surface area contributed by atoms with Gasteiger partial charge >= 0.3 is 0 Å². The van der Waals surface area contributed by atoms with Crippen LogP contribution in [0.2, 0.25) is 0 Å². The van der Waals surface area contributed by atoms with Gasteiger partial charge in [-0.15, -0.1) is 0 Å². The van der Waals surface area contributed by atoms with E-state index in [-0.39, 0.29) is 5.60 Å². The van der Waals surface area contributed by atoms with Crippen LogP contribution in [0.5, 0.6) is 0 Å². The van der Waals surface area contributed by atoms with E-state index in [1.54, 1.807) is 6.20 Å². The lowest BCUT2D eigenvalue weighted by Crippen LogP contribution is -2.49. The minimum atomic E-state index is -0.0198. The predicted molar refractivity (Wildman–Crippen MR) is 98.5 cm³/mol. The van der Waals surface area contributed by atoms with E-state index in [2.05, 4.69) is 9.88 Å². The second-order valence-corrected chi connectivity index (χ2v) is 8.13. The third kappa shape index (κ3) is 4.26. The largest absolute Gasteiger partial charge is 0.377 e. The Morgan fingerprint density at radius 2 is 2.15 bits per heavy atom. The van der Waals surface area contributed by atoms with Crippen LogP contribution >= 0.6 is 0 Å². The molecular formula is C21H30N2O3. The minimum Gasteiger partial charge on any atom is -0.377 e. The molecule has 26 heavy (non-hydrogen) atoms. The second-order valence-electron chi connectivity index (χ2n) is 8.13. The molecule has 0 N–H and O–H groups in total. The van der Waals surface area contributed by atoms with Gasteiger partial charge in [0, 0.05) is 45.1 Å². The molecule has 3 fully saturated rings. The van der Waals surface area contributed by atoms with Crippen molar-refractivity contribution < 1.29 is 14.3 Å². The molecule has 142 valence electrons. The summed E-state index contributed by atoms with van der Waals surface area (Å²) < 4.78 is 12.1. The smallest absolute Gasteiger partial charge is 0.222 e. The standard InChI is InChI=1S/C21H30N2O3/c24-20(14-17-3-4-17)23-10-7-21(8-11-23)19(6-13-26-21)5-12-25-16-18-2-1-9-22-15-18/h1-2,9,15,17,19H,3-8,10-14,16H2. The Morgan fingerprint density at radius 3 is 2.88 bits per heavy atom. The lowest BCUT2D eigenvalue weighted by atomic mass is 9.78. The number of piperidine rings is 1. The molecule has 2 saturated heterocycles. The van der Waals surface area contributed by atoms with Gasteiger partial charge < -0.3 is 14.4 Å². The molecule has 1 spiro atoms. The number of ether oxygens (including phenoxy) is 2. The normalized spacial score (nSPS) is 24.9. The number of nitrogens with zero attached hydrogens (tertiary/aromatic N) is 2. The van der Waals surface area contributed by atoms with Crippen molar-refractivity contribution in [2.45, 2.75) is 57.2 Å².